The van der Waals surface area contributed by atoms with Crippen LogP contribution in [0.3, 0.4) is 0 Å². The molecule has 46 heavy (non-hydrogen) atoms. The first-order valence-corrected chi connectivity index (χ1v) is 16.1. The van der Waals surface area contributed by atoms with Crippen molar-refractivity contribution in [3.05, 3.63) is 23.3 Å². The minimum Gasteiger partial charge on any atom is -0.462 e. The zero-order chi connectivity index (χ0) is 35.8. The molecule has 5 atom stereocenters. The molecule has 0 amide bonds. The molecule has 0 aromatic rings. The van der Waals surface area contributed by atoms with E-state index in [9.17, 15) is 19.2 Å². The van der Waals surface area contributed by atoms with E-state index in [4.69, 9.17) is 28.4 Å². The number of carbonyl (C=O) groups excluding carboxylic acids is 4. The van der Waals surface area contributed by atoms with E-state index in [-0.39, 0.29) is 13.2 Å². The molecule has 264 valence electrons. The second-order valence-corrected chi connectivity index (χ2v) is 16.5. The highest BCUT2D eigenvalue weighted by atomic mass is 16.7. The van der Waals surface area contributed by atoms with Gasteiger partial charge in [0.25, 0.3) is 0 Å². The third-order valence-corrected chi connectivity index (χ3v) is 6.93. The lowest BCUT2D eigenvalue weighted by Crippen LogP contribution is -2.64. The van der Waals surface area contributed by atoms with E-state index in [1.54, 1.807) is 83.1 Å². The number of esters is 4. The van der Waals surface area contributed by atoms with E-state index < -0.39 is 76.2 Å². The van der Waals surface area contributed by atoms with Gasteiger partial charge in [-0.25, -0.2) is 0 Å². The maximum absolute atomic E-state index is 13.4. The molecule has 0 bridgehead atoms. The predicted molar refractivity (Wildman–Crippen MR) is 175 cm³/mol. The Hall–Kier alpha value is -2.72. The van der Waals surface area contributed by atoms with Gasteiger partial charge >= 0.3 is 23.9 Å². The zero-order valence-electron chi connectivity index (χ0n) is 31.0. The van der Waals surface area contributed by atoms with Crippen molar-refractivity contribution >= 4 is 23.9 Å². The number of carbonyl (C=O) groups is 4. The summed E-state index contributed by atoms with van der Waals surface area (Å²) in [5, 5.41) is 0. The monoisotopic (exact) mass is 652 g/mol. The van der Waals surface area contributed by atoms with Crippen LogP contribution in [0.25, 0.3) is 0 Å². The van der Waals surface area contributed by atoms with Gasteiger partial charge in [-0.2, -0.15) is 0 Å². The maximum Gasteiger partial charge on any atom is 0.311 e. The van der Waals surface area contributed by atoms with Crippen molar-refractivity contribution in [3.8, 4) is 0 Å². The summed E-state index contributed by atoms with van der Waals surface area (Å²) < 4.78 is 36.1. The Bertz CT molecular complexity index is 1120. The molecule has 1 heterocycles. The second kappa shape index (κ2) is 16.4. The summed E-state index contributed by atoms with van der Waals surface area (Å²) >= 11 is 0. The molecular weight excluding hydrogens is 592 g/mol. The van der Waals surface area contributed by atoms with Crippen molar-refractivity contribution in [1.29, 1.82) is 0 Å². The zero-order valence-corrected chi connectivity index (χ0v) is 31.0. The Morgan fingerprint density at radius 2 is 1.04 bits per heavy atom. The highest BCUT2D eigenvalue weighted by molar-refractivity contribution is 5.78. The van der Waals surface area contributed by atoms with E-state index in [0.717, 1.165) is 18.4 Å². The van der Waals surface area contributed by atoms with E-state index in [1.807, 2.05) is 26.8 Å². The molecule has 0 saturated carbocycles. The molecule has 0 spiro atoms. The van der Waals surface area contributed by atoms with Gasteiger partial charge in [-0.1, -0.05) is 23.3 Å². The van der Waals surface area contributed by atoms with Crippen molar-refractivity contribution in [1.82, 2.24) is 0 Å². The van der Waals surface area contributed by atoms with E-state index in [0.29, 0.717) is 0 Å². The van der Waals surface area contributed by atoms with Gasteiger partial charge in [0.05, 0.1) is 28.3 Å². The topological polar surface area (TPSA) is 124 Å². The average molecular weight is 653 g/mol. The molecule has 0 aromatic heterocycles. The normalized spacial score (nSPS) is 22.8. The Morgan fingerprint density at radius 3 is 1.48 bits per heavy atom. The first-order chi connectivity index (χ1) is 20.7. The predicted octanol–water partition coefficient (Wildman–Crippen LogP) is 6.88. The van der Waals surface area contributed by atoms with Crippen molar-refractivity contribution < 1.29 is 47.6 Å². The molecule has 0 radical (unpaired) electrons. The second-order valence-electron chi connectivity index (χ2n) is 16.5. The molecule has 0 aliphatic carbocycles. The van der Waals surface area contributed by atoms with Crippen LogP contribution in [0, 0.1) is 21.7 Å². The Morgan fingerprint density at radius 1 is 0.609 bits per heavy atom. The molecule has 1 aliphatic heterocycles. The highest BCUT2D eigenvalue weighted by Crippen LogP contribution is 2.34. The molecule has 10 nitrogen and oxygen atoms in total. The maximum atomic E-state index is 13.4. The molecule has 1 saturated heterocycles. The van der Waals surface area contributed by atoms with Gasteiger partial charge in [0.2, 0.25) is 0 Å². The summed E-state index contributed by atoms with van der Waals surface area (Å²) in [6.07, 6.45) is -0.573. The fourth-order valence-electron chi connectivity index (χ4n) is 3.80. The number of rotatable bonds is 11. The van der Waals surface area contributed by atoms with E-state index >= 15 is 0 Å². The van der Waals surface area contributed by atoms with Gasteiger partial charge in [0.1, 0.15) is 12.7 Å². The Kier molecular flexibility index (Phi) is 14.7. The van der Waals surface area contributed by atoms with E-state index in [1.165, 1.54) is 5.57 Å². The van der Waals surface area contributed by atoms with Crippen LogP contribution in [0.4, 0.5) is 0 Å². The Balaban J connectivity index is 3.69. The molecule has 1 rings (SSSR count). The lowest BCUT2D eigenvalue weighted by molar-refractivity contribution is -0.310. The lowest BCUT2D eigenvalue weighted by atomic mass is 9.93. The summed E-state index contributed by atoms with van der Waals surface area (Å²) in [5.74, 6) is -2.33. The molecule has 10 heteroatoms. The highest BCUT2D eigenvalue weighted by Gasteiger charge is 2.55. The van der Waals surface area contributed by atoms with Gasteiger partial charge in [0, 0.05) is 0 Å². The third kappa shape index (κ3) is 13.6. The van der Waals surface area contributed by atoms with Crippen LogP contribution in [0.2, 0.25) is 0 Å². The molecular formula is C36H60O10. The van der Waals surface area contributed by atoms with Crippen LogP contribution in [-0.2, 0) is 47.6 Å². The molecule has 1 fully saturated rings. The van der Waals surface area contributed by atoms with Crippen molar-refractivity contribution in [2.75, 3.05) is 13.2 Å². The quantitative estimate of drug-likeness (QED) is 0.132. The summed E-state index contributed by atoms with van der Waals surface area (Å²) in [5.41, 5.74) is -1.33. The van der Waals surface area contributed by atoms with Crippen molar-refractivity contribution in [3.63, 3.8) is 0 Å². The van der Waals surface area contributed by atoms with Crippen molar-refractivity contribution in [2.45, 2.75) is 147 Å². The fourth-order valence-corrected chi connectivity index (χ4v) is 3.80. The molecule has 1 aliphatic rings. The van der Waals surface area contributed by atoms with Crippen LogP contribution < -0.4 is 0 Å². The van der Waals surface area contributed by atoms with Gasteiger partial charge in [-0.15, -0.1) is 0 Å². The van der Waals surface area contributed by atoms with Crippen LogP contribution >= 0.6 is 0 Å². The van der Waals surface area contributed by atoms with Crippen LogP contribution in [-0.4, -0.2) is 67.8 Å². The fraction of sp³-hybridized carbons (Fsp3) is 0.778. The summed E-state index contributed by atoms with van der Waals surface area (Å²) in [7, 11) is 0. The summed E-state index contributed by atoms with van der Waals surface area (Å²) in [6, 6.07) is 0. The molecule has 0 N–H and O–H groups in total. The van der Waals surface area contributed by atoms with Crippen LogP contribution in [0.15, 0.2) is 23.3 Å². The minimum atomic E-state index is -1.34. The number of hydrogen-bond donors (Lipinski definition) is 0. The van der Waals surface area contributed by atoms with Gasteiger partial charge < -0.3 is 28.4 Å². The third-order valence-electron chi connectivity index (χ3n) is 6.93. The van der Waals surface area contributed by atoms with Gasteiger partial charge in [-0.3, -0.25) is 19.2 Å². The minimum absolute atomic E-state index is 0.0930. The number of hydrogen-bond acceptors (Lipinski definition) is 10. The molecule has 0 unspecified atom stereocenters. The summed E-state index contributed by atoms with van der Waals surface area (Å²) in [4.78, 5) is 52.7. The smallest absolute Gasteiger partial charge is 0.311 e. The van der Waals surface area contributed by atoms with Gasteiger partial charge in [-0.05, 0) is 117 Å². The Labute approximate surface area is 276 Å². The van der Waals surface area contributed by atoms with Crippen LogP contribution in [0.1, 0.15) is 117 Å². The number of ether oxygens (including phenoxy) is 6. The average Bonchev–Trinajstić information content (AvgIpc) is 2.87. The van der Waals surface area contributed by atoms with Crippen molar-refractivity contribution in [2.24, 2.45) is 21.7 Å². The van der Waals surface area contributed by atoms with E-state index in [2.05, 4.69) is 6.08 Å². The molecule has 0 aromatic carbocycles. The van der Waals surface area contributed by atoms with Gasteiger partial charge in [0.15, 0.2) is 24.6 Å². The number of allylic oxidation sites excluding steroid dienone is 3. The first kappa shape index (κ1) is 41.3. The summed E-state index contributed by atoms with van der Waals surface area (Å²) in [6.45, 7) is 26.1. The lowest BCUT2D eigenvalue weighted by Gasteiger charge is -2.45. The largest absolute Gasteiger partial charge is 0.462 e. The van der Waals surface area contributed by atoms with Crippen LogP contribution in [0.5, 0.6) is 0 Å². The SMILES string of the molecule is CC(C)=CCC/C(C)=C/CO[C@@H]1O[C@H](COC(=O)C(C)(C)C)[C@@H](OC(=O)C(C)(C)C)[C@H](OC(=O)C(C)(C)C)[C@H]1OC(=O)C(C)(C)C. The first-order valence-electron chi connectivity index (χ1n) is 16.1. The standard InChI is InChI=1S/C36H60O10/c1-22(2)17-16-18-23(3)19-20-41-28-27(46-32(40)36(13,14)15)26(45-31(39)35(10,11)12)25(44-30(38)34(7,8)9)24(43-28)21-42-29(37)33(4,5)6/h17,19,24-28H,16,18,20-21H2,1-15H3/b23-19+/t24-,25-,26+,27-,28-/m1/s1.